The molecule has 3 aromatic rings. The van der Waals surface area contributed by atoms with Crippen molar-refractivity contribution in [3.63, 3.8) is 0 Å². The lowest BCUT2D eigenvalue weighted by molar-refractivity contribution is 0.104. The van der Waals surface area contributed by atoms with Gasteiger partial charge in [-0.1, -0.05) is 93.9 Å². The third-order valence-electron chi connectivity index (χ3n) is 6.86. The van der Waals surface area contributed by atoms with E-state index in [4.69, 9.17) is 9.47 Å². The van der Waals surface area contributed by atoms with Gasteiger partial charge in [-0.3, -0.25) is 4.79 Å². The zero-order valence-electron chi connectivity index (χ0n) is 23.9. The topological polar surface area (TPSA) is 35.5 Å². The van der Waals surface area contributed by atoms with Gasteiger partial charge in [0, 0.05) is 5.56 Å². The van der Waals surface area contributed by atoms with E-state index >= 15 is 0 Å². The second-order valence-electron chi connectivity index (χ2n) is 10.3. The summed E-state index contributed by atoms with van der Waals surface area (Å²) in [7, 11) is 0. The van der Waals surface area contributed by atoms with Crippen molar-refractivity contribution in [2.24, 2.45) is 0 Å². The lowest BCUT2D eigenvalue weighted by Gasteiger charge is -2.07. The van der Waals surface area contributed by atoms with Crippen molar-refractivity contribution in [3.05, 3.63) is 108 Å². The number of carbonyl (C=O) groups excluding carboxylic acids is 1. The van der Waals surface area contributed by atoms with Crippen molar-refractivity contribution >= 4 is 17.4 Å². The molecule has 0 unspecified atom stereocenters. The SMILES string of the molecule is C=C(C)c1ccc(OCCCCCCCCCCCCOc2ccc(C=CC(=O)c3ccc(F)cc3)cc2)cc1. The molecular formula is C36H43FO3. The fourth-order valence-corrected chi connectivity index (χ4v) is 4.39. The predicted octanol–water partition coefficient (Wildman–Crippen LogP) is 10.1. The third-order valence-corrected chi connectivity index (χ3v) is 6.86. The molecule has 3 aromatic carbocycles. The smallest absolute Gasteiger partial charge is 0.185 e. The van der Waals surface area contributed by atoms with E-state index in [1.54, 1.807) is 6.08 Å². The van der Waals surface area contributed by atoms with Crippen LogP contribution in [0.1, 0.15) is 92.6 Å². The Balaban J connectivity index is 1.13. The minimum atomic E-state index is -0.349. The molecule has 0 heterocycles. The molecular weight excluding hydrogens is 499 g/mol. The largest absolute Gasteiger partial charge is 0.494 e. The van der Waals surface area contributed by atoms with E-state index in [2.05, 4.69) is 18.7 Å². The highest BCUT2D eigenvalue weighted by molar-refractivity contribution is 6.06. The fraction of sp³-hybridized carbons (Fsp3) is 0.361. The van der Waals surface area contributed by atoms with Crippen LogP contribution in [0, 0.1) is 5.82 Å². The van der Waals surface area contributed by atoms with Crippen molar-refractivity contribution in [1.29, 1.82) is 0 Å². The Bertz CT molecular complexity index is 1180. The van der Waals surface area contributed by atoms with E-state index in [0.29, 0.717) is 5.56 Å². The first-order valence-corrected chi connectivity index (χ1v) is 14.6. The van der Waals surface area contributed by atoms with Gasteiger partial charge in [0.25, 0.3) is 0 Å². The molecule has 0 radical (unpaired) electrons. The van der Waals surface area contributed by atoms with Crippen molar-refractivity contribution in [2.45, 2.75) is 71.1 Å². The van der Waals surface area contributed by atoms with Gasteiger partial charge in [0.05, 0.1) is 13.2 Å². The molecule has 0 saturated heterocycles. The van der Waals surface area contributed by atoms with E-state index in [-0.39, 0.29) is 11.6 Å². The summed E-state index contributed by atoms with van der Waals surface area (Å²) in [6.07, 6.45) is 15.6. The third kappa shape index (κ3) is 12.0. The zero-order chi connectivity index (χ0) is 28.4. The van der Waals surface area contributed by atoms with Crippen LogP contribution in [0.25, 0.3) is 11.6 Å². The van der Waals surface area contributed by atoms with Gasteiger partial charge in [-0.2, -0.15) is 0 Å². The Labute approximate surface area is 239 Å². The van der Waals surface area contributed by atoms with Crippen molar-refractivity contribution < 1.29 is 18.7 Å². The van der Waals surface area contributed by atoms with Crippen LogP contribution in [0.4, 0.5) is 4.39 Å². The van der Waals surface area contributed by atoms with Crippen molar-refractivity contribution in [3.8, 4) is 11.5 Å². The summed E-state index contributed by atoms with van der Waals surface area (Å²) in [4.78, 5) is 12.2. The number of rotatable bonds is 19. The molecule has 0 aromatic heterocycles. The Kier molecular flexibility index (Phi) is 13.8. The van der Waals surface area contributed by atoms with Crippen LogP contribution >= 0.6 is 0 Å². The summed E-state index contributed by atoms with van der Waals surface area (Å²) in [6.45, 7) is 7.49. The monoisotopic (exact) mass is 542 g/mol. The summed E-state index contributed by atoms with van der Waals surface area (Å²) in [5.41, 5.74) is 3.62. The molecule has 0 aliphatic carbocycles. The quantitative estimate of drug-likeness (QED) is 0.0859. The number of carbonyl (C=O) groups is 1. The lowest BCUT2D eigenvalue weighted by Crippen LogP contribution is -1.97. The Morgan fingerprint density at radius 1 is 0.650 bits per heavy atom. The molecule has 0 atom stereocenters. The van der Waals surface area contributed by atoms with Crippen molar-refractivity contribution in [1.82, 2.24) is 0 Å². The highest BCUT2D eigenvalue weighted by atomic mass is 19.1. The number of ketones is 1. The number of hydrogen-bond acceptors (Lipinski definition) is 3. The predicted molar refractivity (Wildman–Crippen MR) is 165 cm³/mol. The highest BCUT2D eigenvalue weighted by Gasteiger charge is 2.02. The van der Waals surface area contributed by atoms with Gasteiger partial charge in [0.15, 0.2) is 5.78 Å². The van der Waals surface area contributed by atoms with Gasteiger partial charge in [0.2, 0.25) is 0 Å². The second-order valence-corrected chi connectivity index (χ2v) is 10.3. The van der Waals surface area contributed by atoms with Gasteiger partial charge >= 0.3 is 0 Å². The molecule has 0 bridgehead atoms. The number of halogens is 1. The van der Waals surface area contributed by atoms with Crippen LogP contribution in [0.3, 0.4) is 0 Å². The summed E-state index contributed by atoms with van der Waals surface area (Å²) >= 11 is 0. The molecule has 0 aliphatic rings. The zero-order valence-corrected chi connectivity index (χ0v) is 23.9. The summed E-state index contributed by atoms with van der Waals surface area (Å²) < 4.78 is 24.7. The molecule has 0 aliphatic heterocycles. The maximum Gasteiger partial charge on any atom is 0.185 e. The van der Waals surface area contributed by atoms with Crippen LogP contribution in [0.2, 0.25) is 0 Å². The van der Waals surface area contributed by atoms with Gasteiger partial charge in [-0.05, 0) is 85.5 Å². The molecule has 0 saturated carbocycles. The minimum absolute atomic E-state index is 0.150. The van der Waals surface area contributed by atoms with Gasteiger partial charge in [0.1, 0.15) is 17.3 Å². The molecule has 0 N–H and O–H groups in total. The minimum Gasteiger partial charge on any atom is -0.494 e. The maximum atomic E-state index is 13.0. The first kappa shape index (κ1) is 30.9. The molecule has 3 rings (SSSR count). The summed E-state index contributed by atoms with van der Waals surface area (Å²) in [5, 5.41) is 0. The highest BCUT2D eigenvalue weighted by Crippen LogP contribution is 2.18. The molecule has 0 spiro atoms. The molecule has 4 heteroatoms. The first-order chi connectivity index (χ1) is 19.5. The lowest BCUT2D eigenvalue weighted by atomic mass is 10.1. The van der Waals surface area contributed by atoms with Crippen LogP contribution in [0.15, 0.2) is 85.5 Å². The number of benzene rings is 3. The Morgan fingerprint density at radius 2 is 1.07 bits per heavy atom. The standard InChI is InChI=1S/C36H43FO3/c1-29(2)31-18-24-35(25-19-31)40-28-12-10-8-6-4-3-5-7-9-11-27-39-34-22-13-30(14-23-34)15-26-36(38)32-16-20-33(37)21-17-32/h13-26H,1,3-12,27-28H2,2H3. The first-order valence-electron chi connectivity index (χ1n) is 14.6. The second kappa shape index (κ2) is 17.8. The molecule has 0 fully saturated rings. The molecule has 40 heavy (non-hydrogen) atoms. The summed E-state index contributed by atoms with van der Waals surface area (Å²) in [5.74, 6) is 1.28. The van der Waals surface area contributed by atoms with Gasteiger partial charge < -0.3 is 9.47 Å². The van der Waals surface area contributed by atoms with Crippen molar-refractivity contribution in [2.75, 3.05) is 13.2 Å². The van der Waals surface area contributed by atoms with Crippen LogP contribution in [-0.2, 0) is 0 Å². The van der Waals surface area contributed by atoms with Gasteiger partial charge in [-0.25, -0.2) is 4.39 Å². The van der Waals surface area contributed by atoms with E-state index in [1.165, 1.54) is 81.7 Å². The van der Waals surface area contributed by atoms with Gasteiger partial charge in [-0.15, -0.1) is 0 Å². The molecule has 3 nitrogen and oxygen atoms in total. The number of ether oxygens (including phenoxy) is 2. The average Bonchev–Trinajstić information content (AvgIpc) is 2.97. The van der Waals surface area contributed by atoms with E-state index < -0.39 is 0 Å². The van der Waals surface area contributed by atoms with Crippen LogP contribution in [0.5, 0.6) is 11.5 Å². The maximum absolute atomic E-state index is 13.0. The number of hydrogen-bond donors (Lipinski definition) is 0. The average molecular weight is 543 g/mol. The number of allylic oxidation sites excluding steroid dienone is 2. The van der Waals surface area contributed by atoms with Crippen LogP contribution < -0.4 is 9.47 Å². The fourth-order valence-electron chi connectivity index (χ4n) is 4.39. The van der Waals surface area contributed by atoms with E-state index in [0.717, 1.165) is 54.3 Å². The summed E-state index contributed by atoms with van der Waals surface area (Å²) in [6, 6.07) is 21.5. The van der Waals surface area contributed by atoms with E-state index in [9.17, 15) is 9.18 Å². The number of unbranched alkanes of at least 4 members (excludes halogenated alkanes) is 9. The van der Waals surface area contributed by atoms with E-state index in [1.807, 2.05) is 43.3 Å². The molecule has 212 valence electrons. The Hall–Kier alpha value is -3.66. The molecule has 0 amide bonds. The Morgan fingerprint density at radius 3 is 1.55 bits per heavy atom. The normalized spacial score (nSPS) is 11.1. The van der Waals surface area contributed by atoms with Crippen LogP contribution in [-0.4, -0.2) is 19.0 Å².